The number of likely N-dealkylation sites (tertiary alicyclic amines) is 1. The molecule has 37 heavy (non-hydrogen) atoms. The fourth-order valence-corrected chi connectivity index (χ4v) is 5.89. The van der Waals surface area contributed by atoms with E-state index in [4.69, 9.17) is 14.8 Å². The van der Waals surface area contributed by atoms with Crippen LogP contribution in [0.3, 0.4) is 0 Å². The first kappa shape index (κ1) is 23.7. The highest BCUT2D eigenvalue weighted by Crippen LogP contribution is 2.37. The Bertz CT molecular complexity index is 1390. The number of rotatable bonds is 7. The van der Waals surface area contributed by atoms with Gasteiger partial charge in [-0.05, 0) is 68.5 Å². The molecule has 0 radical (unpaired) electrons. The van der Waals surface area contributed by atoms with Crippen molar-refractivity contribution >= 4 is 12.2 Å². The van der Waals surface area contributed by atoms with Crippen LogP contribution in [-0.2, 0) is 13.1 Å². The average molecular weight is 495 g/mol. The molecule has 0 N–H and O–H groups in total. The molecule has 0 saturated carbocycles. The lowest BCUT2D eigenvalue weighted by Gasteiger charge is -2.33. The summed E-state index contributed by atoms with van der Waals surface area (Å²) in [5.74, 6) is 3.17. The third-order valence-electron chi connectivity index (χ3n) is 7.66. The van der Waals surface area contributed by atoms with Crippen molar-refractivity contribution in [3.63, 3.8) is 0 Å². The molecular formula is C30H34N6O. The van der Waals surface area contributed by atoms with Crippen LogP contribution in [-0.4, -0.2) is 48.9 Å². The molecule has 1 fully saturated rings. The number of methoxy groups -OCH3 is 1. The first-order valence-electron chi connectivity index (χ1n) is 13.3. The highest BCUT2D eigenvalue weighted by atomic mass is 16.5. The van der Waals surface area contributed by atoms with Crippen LogP contribution in [0.15, 0.2) is 61.1 Å². The predicted octanol–water partition coefficient (Wildman–Crippen LogP) is 5.49. The molecule has 2 aliphatic heterocycles. The number of hydrogen-bond donors (Lipinski definition) is 0. The minimum absolute atomic E-state index is 0.438. The van der Waals surface area contributed by atoms with Gasteiger partial charge >= 0.3 is 0 Å². The van der Waals surface area contributed by atoms with Crippen LogP contribution in [0.25, 0.3) is 17.8 Å². The Morgan fingerprint density at radius 1 is 1.03 bits per heavy atom. The summed E-state index contributed by atoms with van der Waals surface area (Å²) < 4.78 is 9.80. The average Bonchev–Trinajstić information content (AvgIpc) is 3.67. The fourth-order valence-electron chi connectivity index (χ4n) is 5.89. The zero-order chi connectivity index (χ0) is 25.2. The number of ether oxygens (including phenoxy) is 1. The van der Waals surface area contributed by atoms with Crippen LogP contribution in [0.5, 0.6) is 5.75 Å². The standard InChI is InChI=1S/C30H34N6O/c1-22-19-35(21-31-22)27-14-12-23(18-28(27)37-2)13-15-29-32-30-25(10-6-17-36(30)33-29)26-11-7-16-34(26)20-24-8-4-3-5-9-24/h3-5,8-9,12-15,18-19,21,25-26H,6-7,10-11,16-17,20H2,1-2H3/b15-13+/t25-,26-/m0/s1. The zero-order valence-electron chi connectivity index (χ0n) is 21.6. The van der Waals surface area contributed by atoms with Crippen LogP contribution in [0.1, 0.15) is 60.1 Å². The molecule has 0 bridgehead atoms. The van der Waals surface area contributed by atoms with E-state index in [-0.39, 0.29) is 0 Å². The molecule has 2 aromatic carbocycles. The van der Waals surface area contributed by atoms with Crippen molar-refractivity contribution in [2.24, 2.45) is 0 Å². The number of benzene rings is 2. The molecule has 6 rings (SSSR count). The van der Waals surface area contributed by atoms with Gasteiger partial charge in [0.05, 0.1) is 24.8 Å². The zero-order valence-corrected chi connectivity index (χ0v) is 21.6. The molecule has 2 atom stereocenters. The number of aryl methyl sites for hydroxylation is 2. The highest BCUT2D eigenvalue weighted by Gasteiger charge is 2.37. The Morgan fingerprint density at radius 3 is 2.70 bits per heavy atom. The van der Waals surface area contributed by atoms with Gasteiger partial charge in [0.15, 0.2) is 5.82 Å². The van der Waals surface area contributed by atoms with Gasteiger partial charge in [0.2, 0.25) is 0 Å². The summed E-state index contributed by atoms with van der Waals surface area (Å²) in [7, 11) is 1.70. The smallest absolute Gasteiger partial charge is 0.174 e. The van der Waals surface area contributed by atoms with Crippen LogP contribution in [0.2, 0.25) is 0 Å². The lowest BCUT2D eigenvalue weighted by molar-refractivity contribution is 0.191. The van der Waals surface area contributed by atoms with Crippen molar-refractivity contribution in [2.75, 3.05) is 13.7 Å². The quantitative estimate of drug-likeness (QED) is 0.340. The topological polar surface area (TPSA) is 61.0 Å². The van der Waals surface area contributed by atoms with E-state index in [0.29, 0.717) is 12.0 Å². The molecule has 7 nitrogen and oxygen atoms in total. The van der Waals surface area contributed by atoms with Crippen molar-refractivity contribution in [2.45, 2.75) is 57.7 Å². The summed E-state index contributed by atoms with van der Waals surface area (Å²) in [6.07, 6.45) is 12.7. The van der Waals surface area contributed by atoms with Crippen LogP contribution >= 0.6 is 0 Å². The first-order chi connectivity index (χ1) is 18.2. The Hall–Kier alpha value is -3.71. The van der Waals surface area contributed by atoms with Crippen molar-refractivity contribution < 1.29 is 4.74 Å². The number of hydrogen-bond acceptors (Lipinski definition) is 5. The maximum absolute atomic E-state index is 5.67. The van der Waals surface area contributed by atoms with Gasteiger partial charge in [-0.25, -0.2) is 14.6 Å². The Kier molecular flexibility index (Phi) is 6.62. The van der Waals surface area contributed by atoms with Crippen LogP contribution in [0, 0.1) is 6.92 Å². The van der Waals surface area contributed by atoms with E-state index < -0.39 is 0 Å². The molecule has 4 aromatic rings. The van der Waals surface area contributed by atoms with Gasteiger partial charge in [-0.2, -0.15) is 5.10 Å². The third kappa shape index (κ3) is 4.96. The van der Waals surface area contributed by atoms with Crippen LogP contribution < -0.4 is 4.74 Å². The normalized spacial score (nSPS) is 19.9. The summed E-state index contributed by atoms with van der Waals surface area (Å²) in [5, 5.41) is 4.86. The van der Waals surface area contributed by atoms with E-state index >= 15 is 0 Å². The number of imidazole rings is 1. The van der Waals surface area contributed by atoms with E-state index in [0.717, 1.165) is 60.4 Å². The van der Waals surface area contributed by atoms with Crippen LogP contribution in [0.4, 0.5) is 0 Å². The van der Waals surface area contributed by atoms with E-state index in [2.05, 4.69) is 63.1 Å². The van der Waals surface area contributed by atoms with E-state index in [9.17, 15) is 0 Å². The third-order valence-corrected chi connectivity index (χ3v) is 7.66. The van der Waals surface area contributed by atoms with Gasteiger partial charge in [-0.15, -0.1) is 0 Å². The predicted molar refractivity (Wildman–Crippen MR) is 146 cm³/mol. The Balaban J connectivity index is 1.21. The van der Waals surface area contributed by atoms with Crippen molar-refractivity contribution in [3.8, 4) is 11.4 Å². The van der Waals surface area contributed by atoms with E-state index in [1.165, 1.54) is 24.8 Å². The van der Waals surface area contributed by atoms with Crippen molar-refractivity contribution in [1.82, 2.24) is 29.2 Å². The molecule has 1 saturated heterocycles. The summed E-state index contributed by atoms with van der Waals surface area (Å²) in [5.41, 5.74) is 4.38. The van der Waals surface area contributed by atoms with Gasteiger partial charge in [-0.3, -0.25) is 4.90 Å². The monoisotopic (exact) mass is 494 g/mol. The first-order valence-corrected chi connectivity index (χ1v) is 13.3. The molecule has 0 spiro atoms. The lowest BCUT2D eigenvalue weighted by Crippen LogP contribution is -2.37. The molecule has 190 valence electrons. The molecular weight excluding hydrogens is 460 g/mol. The molecule has 0 aliphatic carbocycles. The second kappa shape index (κ2) is 10.3. The van der Waals surface area contributed by atoms with E-state index in [1.807, 2.05) is 36.2 Å². The Morgan fingerprint density at radius 2 is 1.89 bits per heavy atom. The molecule has 2 aromatic heterocycles. The minimum Gasteiger partial charge on any atom is -0.495 e. The highest BCUT2D eigenvalue weighted by molar-refractivity contribution is 5.69. The SMILES string of the molecule is COc1cc(/C=C/c2nc3n(n2)CCC[C@H]3[C@@H]2CCCN2Cc2ccccc2)ccc1-n1cnc(C)c1. The van der Waals surface area contributed by atoms with Crippen molar-refractivity contribution in [3.05, 3.63) is 89.5 Å². The second-order valence-corrected chi connectivity index (χ2v) is 10.2. The van der Waals surface area contributed by atoms with Gasteiger partial charge < -0.3 is 9.30 Å². The van der Waals surface area contributed by atoms with Crippen molar-refractivity contribution in [1.29, 1.82) is 0 Å². The minimum atomic E-state index is 0.438. The summed E-state index contributed by atoms with van der Waals surface area (Å²) >= 11 is 0. The number of nitrogens with zero attached hydrogens (tertiary/aromatic N) is 6. The van der Waals surface area contributed by atoms with Gasteiger partial charge in [0, 0.05) is 31.2 Å². The van der Waals surface area contributed by atoms with Gasteiger partial charge in [0.25, 0.3) is 0 Å². The summed E-state index contributed by atoms with van der Waals surface area (Å²) in [6.45, 7) is 5.10. The van der Waals surface area contributed by atoms with E-state index in [1.54, 1.807) is 7.11 Å². The molecule has 0 unspecified atom stereocenters. The molecule has 7 heteroatoms. The number of aromatic nitrogens is 5. The maximum atomic E-state index is 5.67. The lowest BCUT2D eigenvalue weighted by atomic mass is 9.89. The summed E-state index contributed by atoms with van der Waals surface area (Å²) in [4.78, 5) is 12.0. The Labute approximate surface area is 218 Å². The molecule has 2 aliphatic rings. The maximum Gasteiger partial charge on any atom is 0.174 e. The molecule has 0 amide bonds. The summed E-state index contributed by atoms with van der Waals surface area (Å²) in [6, 6.07) is 17.6. The van der Waals surface area contributed by atoms with Gasteiger partial charge in [-0.1, -0.05) is 42.5 Å². The largest absolute Gasteiger partial charge is 0.495 e. The molecule has 4 heterocycles. The fraction of sp³-hybridized carbons (Fsp3) is 0.367. The second-order valence-electron chi connectivity index (χ2n) is 10.2. The van der Waals surface area contributed by atoms with Gasteiger partial charge in [0.1, 0.15) is 11.6 Å². The number of fused-ring (bicyclic) bond motifs is 1.